The molecule has 1 heteroatoms. The van der Waals surface area contributed by atoms with E-state index in [4.69, 9.17) is 4.67 Å². The highest BCUT2D eigenvalue weighted by atomic mass is 14.6. The second kappa shape index (κ2) is 8.20. The van der Waals surface area contributed by atoms with Gasteiger partial charge >= 0.3 is 5.71 Å². The third kappa shape index (κ3) is 4.45. The lowest BCUT2D eigenvalue weighted by Crippen LogP contribution is -2.32. The van der Waals surface area contributed by atoms with E-state index in [1.165, 1.54) is 11.1 Å². The Morgan fingerprint density at radius 2 is 1.33 bits per heavy atom. The largest absolute Gasteiger partial charge is 0.320 e. The fraction of sp³-hybridized carbons (Fsp3) is 0.231. The average Bonchev–Trinajstić information content (AvgIpc) is 2.70. The minimum Gasteiger partial charge on any atom is -0.0952 e. The van der Waals surface area contributed by atoms with E-state index in [0.717, 1.165) is 16.8 Å². The van der Waals surface area contributed by atoms with Crippen molar-refractivity contribution in [1.82, 2.24) is 4.67 Å². The Bertz CT molecular complexity index is 927. The SMILES string of the molecule is CC(C)c1ccc(C=[N+]=C(c2ccccc2)C(C)(C)c2ccccc2)cc1. The highest BCUT2D eigenvalue weighted by Crippen LogP contribution is 2.27. The third-order valence-electron chi connectivity index (χ3n) is 5.08. The van der Waals surface area contributed by atoms with Crippen molar-refractivity contribution in [2.75, 3.05) is 0 Å². The molecule has 0 aliphatic carbocycles. The molecular weight excluding hydrogens is 326 g/mol. The Morgan fingerprint density at radius 3 is 1.89 bits per heavy atom. The maximum absolute atomic E-state index is 4.98. The van der Waals surface area contributed by atoms with E-state index in [9.17, 15) is 0 Å². The van der Waals surface area contributed by atoms with Crippen LogP contribution in [0.25, 0.3) is 0 Å². The fourth-order valence-electron chi connectivity index (χ4n) is 3.29. The molecule has 0 fully saturated rings. The zero-order valence-electron chi connectivity index (χ0n) is 16.7. The van der Waals surface area contributed by atoms with Crippen molar-refractivity contribution in [1.29, 1.82) is 0 Å². The van der Waals surface area contributed by atoms with Crippen LogP contribution in [0, 0.1) is 0 Å². The summed E-state index contributed by atoms with van der Waals surface area (Å²) in [6.07, 6.45) is 1.98. The molecule has 27 heavy (non-hydrogen) atoms. The van der Waals surface area contributed by atoms with E-state index in [1.54, 1.807) is 0 Å². The van der Waals surface area contributed by atoms with E-state index >= 15 is 0 Å². The topological polar surface area (TPSA) is 14.1 Å². The molecule has 0 atom stereocenters. The fourth-order valence-corrected chi connectivity index (χ4v) is 3.29. The van der Waals surface area contributed by atoms with Gasteiger partial charge in [-0.15, -0.1) is 0 Å². The van der Waals surface area contributed by atoms with E-state index < -0.39 is 0 Å². The van der Waals surface area contributed by atoms with Crippen LogP contribution in [0.5, 0.6) is 0 Å². The van der Waals surface area contributed by atoms with Gasteiger partial charge in [0.1, 0.15) is 0 Å². The molecule has 0 aliphatic heterocycles. The molecule has 0 radical (unpaired) electrons. The van der Waals surface area contributed by atoms with Gasteiger partial charge in [0.25, 0.3) is 6.21 Å². The molecule has 3 rings (SSSR count). The lowest BCUT2D eigenvalue weighted by Gasteiger charge is -2.20. The molecule has 1 nitrogen and oxygen atoms in total. The van der Waals surface area contributed by atoms with Crippen LogP contribution in [-0.2, 0) is 5.41 Å². The van der Waals surface area contributed by atoms with Gasteiger partial charge in [0.2, 0.25) is 0 Å². The van der Waals surface area contributed by atoms with Crippen LogP contribution in [0.15, 0.2) is 84.9 Å². The van der Waals surface area contributed by atoms with Gasteiger partial charge in [-0.1, -0.05) is 79.2 Å². The lowest BCUT2D eigenvalue weighted by atomic mass is 9.77. The van der Waals surface area contributed by atoms with Crippen molar-refractivity contribution in [2.24, 2.45) is 0 Å². The maximum atomic E-state index is 4.98. The van der Waals surface area contributed by atoms with Gasteiger partial charge in [-0.3, -0.25) is 0 Å². The van der Waals surface area contributed by atoms with Crippen LogP contribution in [0.2, 0.25) is 0 Å². The first-order chi connectivity index (χ1) is 13.0. The van der Waals surface area contributed by atoms with Crippen LogP contribution in [-0.4, -0.2) is 11.9 Å². The number of benzene rings is 3. The number of hydrogen-bond donors (Lipinski definition) is 0. The highest BCUT2D eigenvalue weighted by molar-refractivity contribution is 6.08. The summed E-state index contributed by atoms with van der Waals surface area (Å²) in [7, 11) is 0. The molecule has 0 heterocycles. The second-order valence-electron chi connectivity index (χ2n) is 7.79. The summed E-state index contributed by atoms with van der Waals surface area (Å²) < 4.78 is 4.98. The normalized spacial score (nSPS) is 11.1. The van der Waals surface area contributed by atoms with Crippen molar-refractivity contribution in [3.8, 4) is 0 Å². The van der Waals surface area contributed by atoms with E-state index in [-0.39, 0.29) is 5.41 Å². The van der Waals surface area contributed by atoms with Crippen LogP contribution in [0.3, 0.4) is 0 Å². The molecule has 0 aromatic heterocycles. The molecule has 0 aliphatic rings. The molecule has 0 unspecified atom stereocenters. The highest BCUT2D eigenvalue weighted by Gasteiger charge is 2.36. The molecule has 0 spiro atoms. The van der Waals surface area contributed by atoms with Gasteiger partial charge in [0.05, 0.1) is 16.5 Å². The number of rotatable bonds is 5. The van der Waals surface area contributed by atoms with Crippen molar-refractivity contribution in [3.05, 3.63) is 107 Å². The smallest absolute Gasteiger partial charge is 0.0952 e. The van der Waals surface area contributed by atoms with E-state index in [2.05, 4.69) is 107 Å². The van der Waals surface area contributed by atoms with Crippen molar-refractivity contribution < 1.29 is 0 Å². The van der Waals surface area contributed by atoms with E-state index in [0.29, 0.717) is 5.92 Å². The summed E-state index contributed by atoms with van der Waals surface area (Å²) >= 11 is 0. The van der Waals surface area contributed by atoms with Crippen LogP contribution in [0.1, 0.15) is 55.9 Å². The van der Waals surface area contributed by atoms with Crippen molar-refractivity contribution in [3.63, 3.8) is 0 Å². The molecule has 0 bridgehead atoms. The quantitative estimate of drug-likeness (QED) is 0.408. The summed E-state index contributed by atoms with van der Waals surface area (Å²) in [5, 5.41) is 0. The Morgan fingerprint density at radius 1 is 0.778 bits per heavy atom. The van der Waals surface area contributed by atoms with Gasteiger partial charge < -0.3 is 0 Å². The number of hydrogen-bond acceptors (Lipinski definition) is 0. The lowest BCUT2D eigenvalue weighted by molar-refractivity contribution is 0.717. The zero-order valence-corrected chi connectivity index (χ0v) is 16.7. The summed E-state index contributed by atoms with van der Waals surface area (Å²) in [6, 6.07) is 29.7. The predicted octanol–water partition coefficient (Wildman–Crippen LogP) is 5.76. The first-order valence-corrected chi connectivity index (χ1v) is 9.61. The van der Waals surface area contributed by atoms with Gasteiger partial charge in [-0.2, -0.15) is 0 Å². The molecule has 0 N–H and O–H groups in total. The van der Waals surface area contributed by atoms with Gasteiger partial charge in [-0.05, 0) is 55.2 Å². The molecule has 136 valence electrons. The Hall–Kier alpha value is -2.89. The van der Waals surface area contributed by atoms with E-state index in [1.807, 2.05) is 12.3 Å². The molecule has 0 saturated carbocycles. The number of nitrogens with zero attached hydrogens (tertiary/aromatic N) is 1. The standard InChI is InChI=1S/C26H28N/c1-20(2)22-17-15-21(16-18-22)19-27-25(23-11-7-5-8-12-23)26(3,4)24-13-9-6-10-14-24/h5-20H,1-4H3/q+1. The molecular formula is C26H28N+. The molecule has 0 amide bonds. The van der Waals surface area contributed by atoms with Gasteiger partial charge in [-0.25, -0.2) is 0 Å². The van der Waals surface area contributed by atoms with Crippen LogP contribution >= 0.6 is 0 Å². The van der Waals surface area contributed by atoms with Crippen LogP contribution in [0.4, 0.5) is 0 Å². The zero-order chi connectivity index (χ0) is 19.3. The Balaban J connectivity index is 2.09. The minimum atomic E-state index is -0.197. The van der Waals surface area contributed by atoms with Crippen molar-refractivity contribution in [2.45, 2.75) is 39.0 Å². The molecule has 3 aromatic rings. The predicted molar refractivity (Wildman–Crippen MR) is 118 cm³/mol. The second-order valence-corrected chi connectivity index (χ2v) is 7.79. The monoisotopic (exact) mass is 354 g/mol. The summed E-state index contributed by atoms with van der Waals surface area (Å²) in [6.45, 7) is 8.91. The first-order valence-electron chi connectivity index (χ1n) is 9.61. The van der Waals surface area contributed by atoms with Gasteiger partial charge in [0, 0.05) is 0 Å². The molecule has 3 aromatic carbocycles. The summed E-state index contributed by atoms with van der Waals surface area (Å²) in [4.78, 5) is 0. The Labute approximate surface area is 163 Å². The maximum Gasteiger partial charge on any atom is 0.320 e. The summed E-state index contributed by atoms with van der Waals surface area (Å²) in [5.74, 6) is 0.541. The van der Waals surface area contributed by atoms with Crippen molar-refractivity contribution >= 4 is 11.9 Å². The van der Waals surface area contributed by atoms with Gasteiger partial charge in [0.15, 0.2) is 0 Å². The Kier molecular flexibility index (Phi) is 5.74. The molecule has 0 saturated heterocycles. The first kappa shape index (κ1) is 18.9. The summed E-state index contributed by atoms with van der Waals surface area (Å²) in [5.41, 5.74) is 5.76. The minimum absolute atomic E-state index is 0.197. The third-order valence-corrected chi connectivity index (χ3v) is 5.08. The van der Waals surface area contributed by atoms with Crippen LogP contribution < -0.4 is 4.67 Å². The average molecular weight is 355 g/mol.